The van der Waals surface area contributed by atoms with Crippen molar-refractivity contribution in [3.63, 3.8) is 0 Å². The summed E-state index contributed by atoms with van der Waals surface area (Å²) in [6, 6.07) is 14.1. The third kappa shape index (κ3) is 4.07. The van der Waals surface area contributed by atoms with Gasteiger partial charge in [-0.25, -0.2) is 9.18 Å². The highest BCUT2D eigenvalue weighted by molar-refractivity contribution is 6.30. The third-order valence-electron chi connectivity index (χ3n) is 3.46. The number of nitrogens with zero attached hydrogens (tertiary/aromatic N) is 1. The number of hydrogen-bond acceptors (Lipinski definition) is 3. The van der Waals surface area contributed by atoms with Crippen LogP contribution in [0, 0.1) is 0 Å². The normalized spacial score (nSPS) is 14.3. The quantitative estimate of drug-likeness (QED) is 0.483. The Kier molecular flexibility index (Phi) is 5.01. The molecule has 120 valence electrons. The van der Waals surface area contributed by atoms with Gasteiger partial charge in [-0.1, -0.05) is 53.2 Å². The molecular weight excluding hydrogens is 321 g/mol. The maximum atomic E-state index is 13.9. The van der Waals surface area contributed by atoms with Gasteiger partial charge in [0.25, 0.3) is 0 Å². The van der Waals surface area contributed by atoms with Gasteiger partial charge in [0.05, 0.1) is 5.71 Å². The topological polar surface area (TPSA) is 69.9 Å². The molecule has 0 fully saturated rings. The van der Waals surface area contributed by atoms with Crippen molar-refractivity contribution in [2.24, 2.45) is 5.16 Å². The van der Waals surface area contributed by atoms with E-state index < -0.39 is 18.1 Å². The highest BCUT2D eigenvalue weighted by Gasteiger charge is 2.35. The van der Waals surface area contributed by atoms with E-state index in [1.807, 2.05) is 12.1 Å². The van der Waals surface area contributed by atoms with Crippen LogP contribution < -0.4 is 0 Å². The zero-order chi connectivity index (χ0) is 17.0. The number of carboxylic acid groups (broad SMARTS) is 1. The Morgan fingerprint density at radius 1 is 1.13 bits per heavy atom. The summed E-state index contributed by atoms with van der Waals surface area (Å²) in [5.41, 5.74) is -0.222. The number of benzene rings is 2. The van der Waals surface area contributed by atoms with Gasteiger partial charge in [0, 0.05) is 11.4 Å². The molecular formula is C17H15ClFNO3. The van der Waals surface area contributed by atoms with Crippen LogP contribution in [-0.4, -0.2) is 27.7 Å². The summed E-state index contributed by atoms with van der Waals surface area (Å²) < 4.78 is 13.9. The van der Waals surface area contributed by atoms with E-state index in [2.05, 4.69) is 5.16 Å². The summed E-state index contributed by atoms with van der Waals surface area (Å²) in [6.07, 6.45) is -0.529. The Balaban J connectivity index is 2.24. The van der Waals surface area contributed by atoms with Gasteiger partial charge >= 0.3 is 5.97 Å². The number of carbonyl (C=O) groups is 1. The number of oxime groups is 1. The van der Waals surface area contributed by atoms with Gasteiger partial charge in [-0.05, 0) is 35.7 Å². The van der Waals surface area contributed by atoms with E-state index in [1.54, 1.807) is 36.4 Å². The van der Waals surface area contributed by atoms with Crippen molar-refractivity contribution in [1.29, 1.82) is 0 Å². The van der Waals surface area contributed by atoms with Crippen LogP contribution in [0.15, 0.2) is 53.7 Å². The average molecular weight is 336 g/mol. The van der Waals surface area contributed by atoms with E-state index in [1.165, 1.54) is 0 Å². The molecule has 0 aliphatic carbocycles. The molecule has 0 aromatic heterocycles. The zero-order valence-electron chi connectivity index (χ0n) is 12.3. The van der Waals surface area contributed by atoms with Crippen LogP contribution in [0.2, 0.25) is 5.02 Å². The van der Waals surface area contributed by atoms with Crippen LogP contribution in [0.1, 0.15) is 18.9 Å². The molecule has 0 heterocycles. The molecule has 6 heteroatoms. The van der Waals surface area contributed by atoms with Crippen molar-refractivity contribution in [2.75, 3.05) is 0 Å². The van der Waals surface area contributed by atoms with Crippen molar-refractivity contribution in [3.05, 3.63) is 59.1 Å². The first kappa shape index (κ1) is 17.0. The third-order valence-corrected chi connectivity index (χ3v) is 3.71. The Morgan fingerprint density at radius 3 is 2.04 bits per heavy atom. The Hall–Kier alpha value is -2.40. The molecule has 2 aromatic carbocycles. The lowest BCUT2D eigenvalue weighted by atomic mass is 9.95. The first-order valence-electron chi connectivity index (χ1n) is 6.83. The van der Waals surface area contributed by atoms with Gasteiger partial charge in [-0.15, -0.1) is 0 Å². The maximum absolute atomic E-state index is 13.9. The summed E-state index contributed by atoms with van der Waals surface area (Å²) in [5.74, 6) is -1.60. The first-order chi connectivity index (χ1) is 10.8. The minimum absolute atomic E-state index is 0.0277. The second kappa shape index (κ2) is 6.79. The van der Waals surface area contributed by atoms with Crippen LogP contribution in [-0.2, 0) is 4.79 Å². The summed E-state index contributed by atoms with van der Waals surface area (Å²) in [4.78, 5) is 10.8. The van der Waals surface area contributed by atoms with Crippen molar-refractivity contribution in [2.45, 2.75) is 19.0 Å². The van der Waals surface area contributed by atoms with Crippen LogP contribution in [0.4, 0.5) is 4.39 Å². The van der Waals surface area contributed by atoms with Gasteiger partial charge in [-0.2, -0.15) is 0 Å². The van der Waals surface area contributed by atoms with E-state index in [-0.39, 0.29) is 5.71 Å². The molecule has 1 unspecified atom stereocenters. The summed E-state index contributed by atoms with van der Waals surface area (Å²) in [7, 11) is 0. The van der Waals surface area contributed by atoms with Crippen molar-refractivity contribution in [3.8, 4) is 11.1 Å². The largest absolute Gasteiger partial charge is 0.479 e. The van der Waals surface area contributed by atoms with E-state index in [4.69, 9.17) is 21.9 Å². The molecule has 0 radical (unpaired) electrons. The lowest BCUT2D eigenvalue weighted by molar-refractivity contribution is -0.149. The van der Waals surface area contributed by atoms with Crippen molar-refractivity contribution in [1.82, 2.24) is 0 Å². The number of aliphatic carboxylic acids is 1. The van der Waals surface area contributed by atoms with Crippen molar-refractivity contribution < 1.29 is 19.5 Å². The zero-order valence-corrected chi connectivity index (χ0v) is 13.1. The van der Waals surface area contributed by atoms with Gasteiger partial charge < -0.3 is 10.3 Å². The fourth-order valence-corrected chi connectivity index (χ4v) is 2.21. The number of halogens is 2. The minimum Gasteiger partial charge on any atom is -0.479 e. The molecule has 23 heavy (non-hydrogen) atoms. The number of alkyl halides is 1. The molecule has 0 spiro atoms. The lowest BCUT2D eigenvalue weighted by Gasteiger charge is -2.15. The smallest absolute Gasteiger partial charge is 0.341 e. The van der Waals surface area contributed by atoms with Crippen LogP contribution in [0.3, 0.4) is 0 Å². The van der Waals surface area contributed by atoms with E-state index in [0.29, 0.717) is 10.6 Å². The Morgan fingerprint density at radius 2 is 1.61 bits per heavy atom. The first-order valence-corrected chi connectivity index (χ1v) is 7.21. The molecule has 1 atom stereocenters. The maximum Gasteiger partial charge on any atom is 0.341 e. The molecule has 0 bridgehead atoms. The van der Waals surface area contributed by atoms with Crippen molar-refractivity contribution >= 4 is 23.3 Å². The molecule has 0 saturated heterocycles. The van der Waals surface area contributed by atoms with E-state index >= 15 is 0 Å². The van der Waals surface area contributed by atoms with E-state index in [0.717, 1.165) is 18.1 Å². The lowest BCUT2D eigenvalue weighted by Crippen LogP contribution is -2.32. The summed E-state index contributed by atoms with van der Waals surface area (Å²) >= 11 is 5.84. The molecule has 0 saturated carbocycles. The number of rotatable bonds is 5. The molecule has 2 rings (SSSR count). The van der Waals surface area contributed by atoms with Gasteiger partial charge in [0.1, 0.15) is 0 Å². The van der Waals surface area contributed by atoms with Crippen LogP contribution in [0.5, 0.6) is 0 Å². The van der Waals surface area contributed by atoms with Gasteiger partial charge in [0.15, 0.2) is 0 Å². The summed E-state index contributed by atoms with van der Waals surface area (Å²) in [5, 5.41) is 21.6. The van der Waals surface area contributed by atoms with E-state index in [9.17, 15) is 9.18 Å². The number of hydrogen-bond donors (Lipinski definition) is 2. The standard InChI is InChI=1S/C17H15ClFNO3/c1-17(19,16(21)22)10-15(20-23)13-4-2-11(3-5-13)12-6-8-14(18)9-7-12/h2-9,23H,10H2,1H3,(H,21,22)/b20-15+. The molecule has 4 nitrogen and oxygen atoms in total. The number of carboxylic acids is 1. The van der Waals surface area contributed by atoms with Crippen LogP contribution in [0.25, 0.3) is 11.1 Å². The fourth-order valence-electron chi connectivity index (χ4n) is 2.08. The molecule has 2 aromatic rings. The second-order valence-electron chi connectivity index (χ2n) is 5.31. The molecule has 0 aliphatic heterocycles. The van der Waals surface area contributed by atoms with Crippen LogP contribution >= 0.6 is 11.6 Å². The highest BCUT2D eigenvalue weighted by Crippen LogP contribution is 2.24. The molecule has 2 N–H and O–H groups in total. The molecule has 0 amide bonds. The highest BCUT2D eigenvalue weighted by atomic mass is 35.5. The average Bonchev–Trinajstić information content (AvgIpc) is 2.53. The van der Waals surface area contributed by atoms with Gasteiger partial charge in [-0.3, -0.25) is 0 Å². The SMILES string of the molecule is CC(F)(C/C(=N\O)c1ccc(-c2ccc(Cl)cc2)cc1)C(=O)O. The predicted molar refractivity (Wildman–Crippen MR) is 87.0 cm³/mol. The van der Waals surface area contributed by atoms with Gasteiger partial charge in [0.2, 0.25) is 5.67 Å². The summed E-state index contributed by atoms with van der Waals surface area (Å²) in [6.45, 7) is 0.933. The molecule has 0 aliphatic rings. The Labute approximate surface area is 137 Å². The second-order valence-corrected chi connectivity index (χ2v) is 5.75. The minimum atomic E-state index is -2.50. The Bertz CT molecular complexity index is 725. The predicted octanol–water partition coefficient (Wildman–Crippen LogP) is 4.39. The fraction of sp³-hybridized carbons (Fsp3) is 0.176. The monoisotopic (exact) mass is 335 g/mol.